The minimum Gasteiger partial charge on any atom is -0.497 e. The third-order valence-corrected chi connectivity index (χ3v) is 6.29. The van der Waals surface area contributed by atoms with Gasteiger partial charge in [-0.05, 0) is 66.8 Å². The highest BCUT2D eigenvalue weighted by Gasteiger charge is 2.46. The molecule has 8 heteroatoms. The SMILES string of the molecule is COC(=O)C1=C(c2cccc(C#N)c2)CC2CCC1N2C(=O)NCCOc1ccc(OC)cc1. The Labute approximate surface area is 198 Å². The van der Waals surface area contributed by atoms with Gasteiger partial charge in [-0.3, -0.25) is 0 Å². The predicted molar refractivity (Wildman–Crippen MR) is 125 cm³/mol. The van der Waals surface area contributed by atoms with Gasteiger partial charge in [-0.15, -0.1) is 0 Å². The molecule has 2 amide bonds. The van der Waals surface area contributed by atoms with Gasteiger partial charge in [-0.1, -0.05) is 12.1 Å². The Morgan fingerprint density at radius 3 is 2.59 bits per heavy atom. The van der Waals surface area contributed by atoms with Crippen molar-refractivity contribution in [1.29, 1.82) is 5.26 Å². The molecule has 0 aromatic heterocycles. The highest BCUT2D eigenvalue weighted by atomic mass is 16.5. The van der Waals surface area contributed by atoms with Gasteiger partial charge < -0.3 is 24.4 Å². The Kier molecular flexibility index (Phi) is 7.02. The maximum absolute atomic E-state index is 13.1. The van der Waals surface area contributed by atoms with Crippen LogP contribution in [0.5, 0.6) is 11.5 Å². The molecule has 176 valence electrons. The van der Waals surface area contributed by atoms with Crippen molar-refractivity contribution in [3.63, 3.8) is 0 Å². The van der Waals surface area contributed by atoms with Gasteiger partial charge in [0.2, 0.25) is 0 Å². The van der Waals surface area contributed by atoms with Crippen LogP contribution < -0.4 is 14.8 Å². The van der Waals surface area contributed by atoms with Gasteiger partial charge in [0, 0.05) is 6.04 Å². The summed E-state index contributed by atoms with van der Waals surface area (Å²) in [5.74, 6) is 0.992. The molecule has 2 aromatic carbocycles. The monoisotopic (exact) mass is 461 g/mol. The Morgan fingerprint density at radius 2 is 1.88 bits per heavy atom. The summed E-state index contributed by atoms with van der Waals surface area (Å²) in [6.07, 6.45) is 2.01. The van der Waals surface area contributed by atoms with Crippen molar-refractivity contribution in [2.24, 2.45) is 0 Å². The zero-order valence-electron chi connectivity index (χ0n) is 19.2. The maximum atomic E-state index is 13.1. The number of ether oxygens (including phenoxy) is 3. The summed E-state index contributed by atoms with van der Waals surface area (Å²) in [5.41, 5.74) is 2.70. The molecule has 1 N–H and O–H groups in total. The first kappa shape index (κ1) is 23.2. The van der Waals surface area contributed by atoms with Gasteiger partial charge >= 0.3 is 12.0 Å². The molecule has 0 aliphatic carbocycles. The van der Waals surface area contributed by atoms with Crippen LogP contribution in [0.1, 0.15) is 30.4 Å². The third kappa shape index (κ3) is 4.69. The Bertz CT molecular complexity index is 1140. The van der Waals surface area contributed by atoms with Gasteiger partial charge in [0.15, 0.2) is 0 Å². The molecule has 4 rings (SSSR count). The van der Waals surface area contributed by atoms with Crippen molar-refractivity contribution in [3.05, 3.63) is 65.2 Å². The average molecular weight is 462 g/mol. The largest absolute Gasteiger partial charge is 0.497 e. The molecule has 0 spiro atoms. The van der Waals surface area contributed by atoms with Crippen LogP contribution in [-0.2, 0) is 9.53 Å². The summed E-state index contributed by atoms with van der Waals surface area (Å²) in [6, 6.07) is 16.0. The topological polar surface area (TPSA) is 101 Å². The molecule has 2 aliphatic heterocycles. The van der Waals surface area contributed by atoms with E-state index < -0.39 is 5.97 Å². The second kappa shape index (κ2) is 10.3. The first-order chi connectivity index (χ1) is 16.5. The zero-order valence-corrected chi connectivity index (χ0v) is 19.2. The predicted octanol–water partition coefficient (Wildman–Crippen LogP) is 3.52. The number of urea groups is 1. The first-order valence-corrected chi connectivity index (χ1v) is 11.2. The van der Waals surface area contributed by atoms with E-state index in [1.165, 1.54) is 7.11 Å². The second-order valence-corrected chi connectivity index (χ2v) is 8.19. The van der Waals surface area contributed by atoms with Gasteiger partial charge in [0.05, 0.1) is 44.0 Å². The van der Waals surface area contributed by atoms with E-state index in [1.807, 2.05) is 30.3 Å². The van der Waals surface area contributed by atoms with E-state index in [1.54, 1.807) is 30.2 Å². The summed E-state index contributed by atoms with van der Waals surface area (Å²) in [6.45, 7) is 0.641. The molecule has 2 aliphatic rings. The lowest BCUT2D eigenvalue weighted by atomic mass is 9.88. The van der Waals surface area contributed by atoms with Crippen LogP contribution in [0.4, 0.5) is 4.79 Å². The minimum atomic E-state index is -0.441. The van der Waals surface area contributed by atoms with Crippen LogP contribution in [0.15, 0.2) is 54.1 Å². The lowest BCUT2D eigenvalue weighted by molar-refractivity contribution is -0.136. The smallest absolute Gasteiger partial charge is 0.336 e. The molecule has 0 radical (unpaired) electrons. The summed E-state index contributed by atoms with van der Waals surface area (Å²) in [7, 11) is 2.95. The second-order valence-electron chi connectivity index (χ2n) is 8.19. The molecule has 1 fully saturated rings. The van der Waals surface area contributed by atoms with Crippen molar-refractivity contribution < 1.29 is 23.8 Å². The van der Waals surface area contributed by atoms with Crippen molar-refractivity contribution in [3.8, 4) is 17.6 Å². The molecule has 2 aromatic rings. The molecule has 34 heavy (non-hydrogen) atoms. The molecule has 2 bridgehead atoms. The zero-order chi connectivity index (χ0) is 24.1. The van der Waals surface area contributed by atoms with E-state index in [2.05, 4.69) is 11.4 Å². The highest BCUT2D eigenvalue weighted by molar-refractivity contribution is 6.01. The Balaban J connectivity index is 1.46. The van der Waals surface area contributed by atoms with Gasteiger partial charge in [0.25, 0.3) is 0 Å². The van der Waals surface area contributed by atoms with E-state index in [4.69, 9.17) is 14.2 Å². The van der Waals surface area contributed by atoms with Crippen molar-refractivity contribution >= 4 is 17.6 Å². The lowest BCUT2D eigenvalue weighted by Gasteiger charge is -2.37. The molecule has 2 heterocycles. The number of fused-ring (bicyclic) bond motifs is 2. The molecule has 2 atom stereocenters. The van der Waals surface area contributed by atoms with Crippen LogP contribution in [-0.4, -0.2) is 56.4 Å². The van der Waals surface area contributed by atoms with Crippen LogP contribution >= 0.6 is 0 Å². The standard InChI is InChI=1S/C26H27N3O5/c1-32-20-7-9-21(10-8-20)34-13-12-28-26(31)29-19-6-11-23(29)24(25(30)33-2)22(15-19)18-5-3-4-17(14-18)16-27/h3-5,7-10,14,19,23H,6,11-13,15H2,1-2H3,(H,28,31). The quantitative estimate of drug-likeness (QED) is 0.500. The van der Waals surface area contributed by atoms with Crippen molar-refractivity contribution in [2.75, 3.05) is 27.4 Å². The van der Waals surface area contributed by atoms with Crippen LogP contribution in [0, 0.1) is 11.3 Å². The summed E-state index contributed by atoms with van der Waals surface area (Å²) in [5, 5.41) is 12.2. The summed E-state index contributed by atoms with van der Waals surface area (Å²) in [4.78, 5) is 27.6. The van der Waals surface area contributed by atoms with Gasteiger partial charge in [0.1, 0.15) is 18.1 Å². The third-order valence-electron chi connectivity index (χ3n) is 6.29. The number of nitrogens with one attached hydrogen (secondary N) is 1. The summed E-state index contributed by atoms with van der Waals surface area (Å²) < 4.78 is 15.9. The minimum absolute atomic E-state index is 0.0262. The average Bonchev–Trinajstić information content (AvgIpc) is 3.19. The Morgan fingerprint density at radius 1 is 1.12 bits per heavy atom. The normalized spacial score (nSPS) is 18.8. The maximum Gasteiger partial charge on any atom is 0.336 e. The number of esters is 1. The number of amides is 2. The summed E-state index contributed by atoms with van der Waals surface area (Å²) >= 11 is 0. The van der Waals surface area contributed by atoms with Gasteiger partial charge in [-0.25, -0.2) is 9.59 Å². The number of nitriles is 1. The first-order valence-electron chi connectivity index (χ1n) is 11.2. The van der Waals surface area contributed by atoms with E-state index in [0.29, 0.717) is 42.9 Å². The fourth-order valence-electron chi connectivity index (χ4n) is 4.73. The highest BCUT2D eigenvalue weighted by Crippen LogP contribution is 2.43. The van der Waals surface area contributed by atoms with Crippen molar-refractivity contribution in [1.82, 2.24) is 10.2 Å². The Hall–Kier alpha value is -3.99. The number of hydrogen-bond acceptors (Lipinski definition) is 6. The van der Waals surface area contributed by atoms with Gasteiger partial charge in [-0.2, -0.15) is 5.26 Å². The van der Waals surface area contributed by atoms with Crippen LogP contribution in [0.2, 0.25) is 0 Å². The number of hydrogen-bond donors (Lipinski definition) is 1. The van der Waals surface area contributed by atoms with E-state index in [0.717, 1.165) is 23.3 Å². The van der Waals surface area contributed by atoms with Crippen molar-refractivity contribution in [2.45, 2.75) is 31.3 Å². The molecular formula is C26H27N3O5. The number of carbonyl (C=O) groups is 2. The van der Waals surface area contributed by atoms with Crippen LogP contribution in [0.25, 0.3) is 5.57 Å². The fourth-order valence-corrected chi connectivity index (χ4v) is 4.73. The fraction of sp³-hybridized carbons (Fsp3) is 0.346. The molecular weight excluding hydrogens is 434 g/mol. The van der Waals surface area contributed by atoms with E-state index in [-0.39, 0.29) is 18.1 Å². The number of methoxy groups -OCH3 is 2. The lowest BCUT2D eigenvalue weighted by Crippen LogP contribution is -2.51. The number of nitrogens with zero attached hydrogens (tertiary/aromatic N) is 2. The number of benzene rings is 2. The van der Waals surface area contributed by atoms with Crippen LogP contribution in [0.3, 0.4) is 0 Å². The number of rotatable bonds is 7. The molecule has 8 nitrogen and oxygen atoms in total. The van der Waals surface area contributed by atoms with E-state index in [9.17, 15) is 14.9 Å². The molecule has 0 saturated carbocycles. The number of carbonyl (C=O) groups excluding carboxylic acids is 2. The molecule has 2 unspecified atom stereocenters. The van der Waals surface area contributed by atoms with E-state index >= 15 is 0 Å². The molecule has 1 saturated heterocycles.